The highest BCUT2D eigenvalue weighted by Crippen LogP contribution is 2.17. The molecule has 2 aromatic heterocycles. The van der Waals surface area contributed by atoms with Gasteiger partial charge in [-0.3, -0.25) is 24.3 Å². The molecule has 20 heavy (non-hydrogen) atoms. The van der Waals surface area contributed by atoms with E-state index >= 15 is 0 Å². The third-order valence-corrected chi connectivity index (χ3v) is 2.63. The normalized spacial score (nSPS) is 11.1. The van der Waals surface area contributed by atoms with Gasteiger partial charge in [0.15, 0.2) is 0 Å². The molecule has 0 aliphatic rings. The van der Waals surface area contributed by atoms with Crippen LogP contribution < -0.4 is 0 Å². The second-order valence-electron chi connectivity index (χ2n) is 4.09. The van der Waals surface area contributed by atoms with E-state index in [2.05, 4.69) is 10.2 Å². The first kappa shape index (κ1) is 13.7. The van der Waals surface area contributed by atoms with Gasteiger partial charge in [-0.2, -0.15) is 10.2 Å². The molecule has 0 aliphatic heterocycles. The summed E-state index contributed by atoms with van der Waals surface area (Å²) in [7, 11) is 1.52. The van der Waals surface area contributed by atoms with Crippen LogP contribution in [0.3, 0.4) is 0 Å². The topological polar surface area (TPSA) is 95.8 Å². The molecule has 8 heteroatoms. The van der Waals surface area contributed by atoms with Crippen molar-refractivity contribution in [3.05, 3.63) is 46.0 Å². The number of hydrogen-bond acceptors (Lipinski definition) is 5. The minimum absolute atomic E-state index is 0.177. The number of carbonyl (C=O) groups excluding carboxylic acids is 1. The largest absolute Gasteiger partial charge is 0.318 e. The van der Waals surface area contributed by atoms with Gasteiger partial charge < -0.3 is 0 Å². The Balaban J connectivity index is 2.21. The average Bonchev–Trinajstić information content (AvgIpc) is 3.02. The van der Waals surface area contributed by atoms with Crippen molar-refractivity contribution in [2.75, 3.05) is 0 Å². The lowest BCUT2D eigenvalue weighted by molar-refractivity contribution is -0.385. The summed E-state index contributed by atoms with van der Waals surface area (Å²) in [6.45, 7) is 2.68. The molecule has 0 spiro atoms. The van der Waals surface area contributed by atoms with Crippen LogP contribution in [0, 0.1) is 10.1 Å². The van der Waals surface area contributed by atoms with Crippen molar-refractivity contribution in [1.29, 1.82) is 0 Å². The molecule has 2 aromatic rings. The maximum atomic E-state index is 11.9. The fourth-order valence-corrected chi connectivity index (χ4v) is 1.67. The smallest absolute Gasteiger partial charge is 0.287 e. The van der Waals surface area contributed by atoms with E-state index in [-0.39, 0.29) is 11.4 Å². The number of nitro groups is 1. The van der Waals surface area contributed by atoms with Crippen LogP contribution in [0.4, 0.5) is 5.69 Å². The molecular weight excluding hydrogens is 262 g/mol. The van der Waals surface area contributed by atoms with E-state index < -0.39 is 10.7 Å². The van der Waals surface area contributed by atoms with E-state index in [1.165, 1.54) is 30.1 Å². The predicted octanol–water partition coefficient (Wildman–Crippen LogP) is 1.44. The lowest BCUT2D eigenvalue weighted by Crippen LogP contribution is -2.01. The van der Waals surface area contributed by atoms with Gasteiger partial charge in [0.05, 0.1) is 10.6 Å². The fourth-order valence-electron chi connectivity index (χ4n) is 1.67. The van der Waals surface area contributed by atoms with Gasteiger partial charge in [0.1, 0.15) is 6.20 Å². The van der Waals surface area contributed by atoms with E-state index in [4.69, 9.17) is 0 Å². The molecule has 0 saturated heterocycles. The number of ketones is 1. The van der Waals surface area contributed by atoms with Gasteiger partial charge in [0, 0.05) is 19.8 Å². The lowest BCUT2D eigenvalue weighted by atomic mass is 10.2. The van der Waals surface area contributed by atoms with Crippen LogP contribution in [0.5, 0.6) is 0 Å². The lowest BCUT2D eigenvalue weighted by Gasteiger charge is -1.91. The second-order valence-corrected chi connectivity index (χ2v) is 4.09. The van der Waals surface area contributed by atoms with E-state index in [0.717, 1.165) is 6.54 Å². The molecule has 0 unspecified atom stereocenters. The summed E-state index contributed by atoms with van der Waals surface area (Å²) >= 11 is 0. The molecule has 0 bridgehead atoms. The number of hydrogen-bond donors (Lipinski definition) is 0. The minimum Gasteiger partial charge on any atom is -0.287 e. The Morgan fingerprint density at radius 1 is 1.50 bits per heavy atom. The molecule has 0 amide bonds. The summed E-state index contributed by atoms with van der Waals surface area (Å²) in [5.74, 6) is -0.525. The van der Waals surface area contributed by atoms with Gasteiger partial charge in [0.25, 0.3) is 0 Å². The third kappa shape index (κ3) is 2.79. The highest BCUT2D eigenvalue weighted by atomic mass is 16.6. The van der Waals surface area contributed by atoms with Crippen LogP contribution in [0.2, 0.25) is 0 Å². The maximum absolute atomic E-state index is 11.9. The Morgan fingerprint density at radius 2 is 2.25 bits per heavy atom. The molecule has 0 atom stereocenters. The Hall–Kier alpha value is -2.77. The summed E-state index contributed by atoms with van der Waals surface area (Å²) in [4.78, 5) is 22.1. The highest BCUT2D eigenvalue weighted by molar-refractivity contribution is 6.07. The van der Waals surface area contributed by atoms with Gasteiger partial charge in [0.2, 0.25) is 11.5 Å². The van der Waals surface area contributed by atoms with Crippen molar-refractivity contribution in [3.63, 3.8) is 0 Å². The van der Waals surface area contributed by atoms with Gasteiger partial charge in [-0.05, 0) is 25.1 Å². The summed E-state index contributed by atoms with van der Waals surface area (Å²) in [5.41, 5.74) is 0.128. The first-order chi connectivity index (χ1) is 9.51. The van der Waals surface area contributed by atoms with Crippen LogP contribution in [0.15, 0.2) is 24.5 Å². The minimum atomic E-state index is -0.625. The van der Waals surface area contributed by atoms with E-state index in [9.17, 15) is 14.9 Å². The van der Waals surface area contributed by atoms with Gasteiger partial charge in [-0.25, -0.2) is 0 Å². The Morgan fingerprint density at radius 3 is 2.85 bits per heavy atom. The van der Waals surface area contributed by atoms with Crippen molar-refractivity contribution in [1.82, 2.24) is 19.6 Å². The number of aryl methyl sites for hydroxylation is 2. The Kier molecular flexibility index (Phi) is 3.74. The van der Waals surface area contributed by atoms with E-state index in [1.54, 1.807) is 16.9 Å². The van der Waals surface area contributed by atoms with Crippen molar-refractivity contribution < 1.29 is 9.72 Å². The Labute approximate surface area is 114 Å². The van der Waals surface area contributed by atoms with Crippen molar-refractivity contribution in [2.45, 2.75) is 13.5 Å². The van der Waals surface area contributed by atoms with Crippen LogP contribution in [-0.4, -0.2) is 30.3 Å². The zero-order valence-corrected chi connectivity index (χ0v) is 11.1. The highest BCUT2D eigenvalue weighted by Gasteiger charge is 2.22. The molecule has 8 nitrogen and oxygen atoms in total. The van der Waals surface area contributed by atoms with E-state index in [0.29, 0.717) is 5.69 Å². The van der Waals surface area contributed by atoms with Crippen LogP contribution in [0.25, 0.3) is 6.08 Å². The van der Waals surface area contributed by atoms with Crippen LogP contribution in [-0.2, 0) is 13.6 Å². The Bertz CT molecular complexity index is 683. The van der Waals surface area contributed by atoms with Gasteiger partial charge >= 0.3 is 5.69 Å². The summed E-state index contributed by atoms with van der Waals surface area (Å²) in [5, 5.41) is 18.8. The van der Waals surface area contributed by atoms with Crippen molar-refractivity contribution >= 4 is 17.5 Å². The fraction of sp³-hybridized carbons (Fsp3) is 0.250. The molecule has 0 aromatic carbocycles. The average molecular weight is 275 g/mol. The van der Waals surface area contributed by atoms with Crippen LogP contribution in [0.1, 0.15) is 23.1 Å². The quantitative estimate of drug-likeness (QED) is 0.356. The number of nitrogens with zero attached hydrogens (tertiary/aromatic N) is 5. The molecule has 0 fully saturated rings. The molecule has 0 aliphatic carbocycles. The van der Waals surface area contributed by atoms with E-state index in [1.807, 2.05) is 6.92 Å². The standard InChI is InChI=1S/C12H13N5O3/c1-3-16-7-6-9(13-16)4-5-11(18)12-10(17(19)20)8-15(2)14-12/h4-8H,3H2,1-2H3/b5-4+. The monoisotopic (exact) mass is 275 g/mol. The van der Waals surface area contributed by atoms with Crippen LogP contribution >= 0.6 is 0 Å². The maximum Gasteiger partial charge on any atom is 0.318 e. The number of allylic oxidation sites excluding steroid dienone is 1. The predicted molar refractivity (Wildman–Crippen MR) is 71.1 cm³/mol. The third-order valence-electron chi connectivity index (χ3n) is 2.63. The molecule has 104 valence electrons. The first-order valence-corrected chi connectivity index (χ1v) is 5.95. The SMILES string of the molecule is CCn1ccc(/C=C/C(=O)c2nn(C)cc2[N+](=O)[O-])n1. The van der Waals surface area contributed by atoms with Gasteiger partial charge in [-0.1, -0.05) is 0 Å². The number of rotatable bonds is 5. The molecule has 0 radical (unpaired) electrons. The molecule has 2 rings (SSSR count). The number of carbonyl (C=O) groups is 1. The van der Waals surface area contributed by atoms with Crippen molar-refractivity contribution in [2.24, 2.45) is 7.05 Å². The first-order valence-electron chi connectivity index (χ1n) is 5.95. The summed E-state index contributed by atoms with van der Waals surface area (Å²) in [6, 6.07) is 1.75. The molecule has 2 heterocycles. The molecule has 0 N–H and O–H groups in total. The number of aromatic nitrogens is 4. The zero-order chi connectivity index (χ0) is 14.7. The van der Waals surface area contributed by atoms with Gasteiger partial charge in [-0.15, -0.1) is 0 Å². The zero-order valence-electron chi connectivity index (χ0n) is 11.1. The molecule has 0 saturated carbocycles. The summed E-state index contributed by atoms with van der Waals surface area (Å²) < 4.78 is 2.96. The summed E-state index contributed by atoms with van der Waals surface area (Å²) in [6.07, 6.45) is 5.73. The van der Waals surface area contributed by atoms with Crippen molar-refractivity contribution in [3.8, 4) is 0 Å². The molecular formula is C12H13N5O3. The second kappa shape index (κ2) is 5.47.